The Morgan fingerprint density at radius 1 is 0.836 bits per heavy atom. The van der Waals surface area contributed by atoms with E-state index in [1.54, 1.807) is 43.5 Å². The SMILES string of the molecule is C=CC(=O)OCCCCOCC(COc1ccc(C(=O)Oc2ccc(-c3ccc(OC(C)(C)C)cc3)cc2/C=[NH+]/N(C(=O)CC)c2nc3ccccc3s2)cc1)OC(=O)C=C. The maximum Gasteiger partial charge on any atom is 0.343 e. The Morgan fingerprint density at radius 2 is 1.52 bits per heavy atom. The van der Waals surface area contributed by atoms with Crippen molar-refractivity contribution < 1.29 is 52.7 Å². The van der Waals surface area contributed by atoms with Crippen LogP contribution in [-0.4, -0.2) is 73.1 Å². The number of rotatable bonds is 21. The number of amides is 1. The highest BCUT2D eigenvalue weighted by atomic mass is 32.1. The molecule has 4 aromatic carbocycles. The fraction of sp³-hybridized carbons (Fsp3) is 0.277. The van der Waals surface area contributed by atoms with Crippen molar-refractivity contribution in [3.63, 3.8) is 0 Å². The molecule has 1 N–H and O–H groups in total. The lowest BCUT2D eigenvalue weighted by atomic mass is 10.0. The van der Waals surface area contributed by atoms with Crippen LogP contribution in [0.2, 0.25) is 0 Å². The molecule has 318 valence electrons. The van der Waals surface area contributed by atoms with Crippen molar-refractivity contribution in [3.05, 3.63) is 127 Å². The van der Waals surface area contributed by atoms with Crippen LogP contribution in [0.25, 0.3) is 21.3 Å². The molecule has 13 nitrogen and oxygen atoms in total. The van der Waals surface area contributed by atoms with Crippen molar-refractivity contribution >= 4 is 56.7 Å². The number of hydrogen-bond donors (Lipinski definition) is 1. The van der Waals surface area contributed by atoms with E-state index < -0.39 is 24.0 Å². The standard InChI is InChI=1S/C47H49N3O10S/c1-7-42(51)50(46-49-39-14-10-11-15-41(39)61-46)48-29-35-28-34(32-16-23-37(24-17-32)60-47(4,5)6)20-25-40(35)59-45(54)33-18-21-36(22-19-33)57-31-38(58-44(53)9-3)30-55-26-12-13-27-56-43(52)8-2/h8-11,14-25,28-29,38H,2-3,7,12-13,26-27,30-31H2,1,4-6H3/p+1/b48-29+. The number of unbranched alkanes of at least 4 members (excludes halogenated alkanes) is 1. The van der Waals surface area contributed by atoms with Gasteiger partial charge in [0.15, 0.2) is 6.10 Å². The van der Waals surface area contributed by atoms with Gasteiger partial charge in [-0.05, 0) is 105 Å². The third-order valence-electron chi connectivity index (χ3n) is 8.57. The summed E-state index contributed by atoms with van der Waals surface area (Å²) in [5, 5.41) is 4.98. The molecule has 1 heterocycles. The Labute approximate surface area is 359 Å². The Balaban J connectivity index is 1.31. The van der Waals surface area contributed by atoms with Crippen molar-refractivity contribution in [2.45, 2.75) is 58.7 Å². The number of thiazole rings is 1. The molecular formula is C47H50N3O10S+. The summed E-state index contributed by atoms with van der Waals surface area (Å²) in [5.41, 5.74) is 2.89. The van der Waals surface area contributed by atoms with Gasteiger partial charge in [0.25, 0.3) is 11.0 Å². The van der Waals surface area contributed by atoms with Crippen molar-refractivity contribution in [2.75, 3.05) is 31.4 Å². The monoisotopic (exact) mass is 848 g/mol. The van der Waals surface area contributed by atoms with Crippen LogP contribution in [0.4, 0.5) is 5.13 Å². The first-order valence-corrected chi connectivity index (χ1v) is 20.5. The van der Waals surface area contributed by atoms with Crippen molar-refractivity contribution in [2.24, 2.45) is 0 Å². The Kier molecular flexibility index (Phi) is 16.5. The molecule has 5 rings (SSSR count). The Hall–Kier alpha value is -6.64. The number of aromatic nitrogens is 1. The normalized spacial score (nSPS) is 11.7. The average molecular weight is 849 g/mol. The van der Waals surface area contributed by atoms with E-state index in [1.807, 2.05) is 81.4 Å². The molecule has 0 aliphatic heterocycles. The summed E-state index contributed by atoms with van der Waals surface area (Å²) in [5.74, 6) is -0.561. The third kappa shape index (κ3) is 14.0. The Bertz CT molecular complexity index is 2300. The van der Waals surface area contributed by atoms with E-state index >= 15 is 0 Å². The van der Waals surface area contributed by atoms with Crippen LogP contribution in [0, 0.1) is 0 Å². The molecule has 0 spiro atoms. The first kappa shape index (κ1) is 45.4. The molecule has 1 atom stereocenters. The maximum absolute atomic E-state index is 13.6. The van der Waals surface area contributed by atoms with Gasteiger partial charge in [0.2, 0.25) is 6.21 Å². The van der Waals surface area contributed by atoms with Gasteiger partial charge in [-0.25, -0.2) is 19.4 Å². The van der Waals surface area contributed by atoms with Crippen LogP contribution < -0.4 is 24.3 Å². The highest BCUT2D eigenvalue weighted by Gasteiger charge is 2.24. The number of esters is 3. The number of hydrazine groups is 1. The van der Waals surface area contributed by atoms with E-state index in [-0.39, 0.29) is 49.1 Å². The number of fused-ring (bicyclic) bond motifs is 1. The lowest BCUT2D eigenvalue weighted by Crippen LogP contribution is -2.83. The predicted molar refractivity (Wildman–Crippen MR) is 234 cm³/mol. The fourth-order valence-corrected chi connectivity index (χ4v) is 6.55. The first-order chi connectivity index (χ1) is 29.3. The van der Waals surface area contributed by atoms with Gasteiger partial charge in [0.05, 0.1) is 34.6 Å². The van der Waals surface area contributed by atoms with E-state index in [9.17, 15) is 19.2 Å². The fourth-order valence-electron chi connectivity index (χ4n) is 5.60. The third-order valence-corrected chi connectivity index (χ3v) is 9.59. The minimum absolute atomic E-state index is 0.0280. The zero-order chi connectivity index (χ0) is 43.8. The molecule has 0 bridgehead atoms. The number of benzene rings is 4. The van der Waals surface area contributed by atoms with E-state index in [0.717, 1.165) is 39.2 Å². The summed E-state index contributed by atoms with van der Waals surface area (Å²) >= 11 is 1.38. The zero-order valence-electron chi connectivity index (χ0n) is 34.7. The summed E-state index contributed by atoms with van der Waals surface area (Å²) in [6, 6.07) is 27.1. The van der Waals surface area contributed by atoms with Crippen molar-refractivity contribution in [1.29, 1.82) is 0 Å². The molecular weight excluding hydrogens is 799 g/mol. The van der Waals surface area contributed by atoms with Gasteiger partial charge >= 0.3 is 17.9 Å². The molecule has 1 aromatic heterocycles. The molecule has 0 aliphatic rings. The maximum atomic E-state index is 13.6. The van der Waals surface area contributed by atoms with E-state index in [2.05, 4.69) is 23.2 Å². The lowest BCUT2D eigenvalue weighted by molar-refractivity contribution is -0.456. The number of anilines is 1. The molecule has 0 saturated carbocycles. The summed E-state index contributed by atoms with van der Waals surface area (Å²) < 4.78 is 34.8. The molecule has 1 amide bonds. The van der Waals surface area contributed by atoms with Gasteiger partial charge in [-0.2, -0.15) is 0 Å². The minimum atomic E-state index is -0.743. The number of ether oxygens (including phenoxy) is 6. The topological polar surface area (TPSA) is 154 Å². The summed E-state index contributed by atoms with van der Waals surface area (Å²) in [7, 11) is 0. The number of carbonyl (C=O) groups is 4. The molecule has 0 fully saturated rings. The molecule has 5 aromatic rings. The van der Waals surface area contributed by atoms with Gasteiger partial charge in [-0.3, -0.25) is 4.79 Å². The first-order valence-electron chi connectivity index (χ1n) is 19.7. The summed E-state index contributed by atoms with van der Waals surface area (Å²) in [6.07, 6.45) is 4.45. The number of hydrazone groups is 1. The number of nitrogens with one attached hydrogen (secondary N) is 1. The number of hydrogen-bond acceptors (Lipinski definition) is 12. The number of para-hydroxylation sites is 1. The molecule has 1 unspecified atom stereocenters. The largest absolute Gasteiger partial charge is 0.490 e. The summed E-state index contributed by atoms with van der Waals surface area (Å²) in [6.45, 7) is 15.2. The van der Waals surface area contributed by atoms with Gasteiger partial charge < -0.3 is 28.4 Å². The van der Waals surface area contributed by atoms with E-state index in [4.69, 9.17) is 28.4 Å². The van der Waals surface area contributed by atoms with Gasteiger partial charge in [-0.1, -0.05) is 66.8 Å². The van der Waals surface area contributed by atoms with Crippen LogP contribution in [0.3, 0.4) is 0 Å². The van der Waals surface area contributed by atoms with Crippen molar-refractivity contribution in [1.82, 2.24) is 4.98 Å². The second-order valence-electron chi connectivity index (χ2n) is 14.5. The van der Waals surface area contributed by atoms with Gasteiger partial charge in [-0.15, -0.1) is 5.10 Å². The second kappa shape index (κ2) is 22.1. The summed E-state index contributed by atoms with van der Waals surface area (Å²) in [4.78, 5) is 54.6. The molecule has 0 aliphatic carbocycles. The van der Waals surface area contributed by atoms with Crippen LogP contribution in [0.15, 0.2) is 116 Å². The van der Waals surface area contributed by atoms with Crippen LogP contribution in [-0.2, 0) is 28.6 Å². The smallest absolute Gasteiger partial charge is 0.343 e. The zero-order valence-corrected chi connectivity index (χ0v) is 35.5. The average Bonchev–Trinajstić information content (AvgIpc) is 3.69. The minimum Gasteiger partial charge on any atom is -0.490 e. The predicted octanol–water partition coefficient (Wildman–Crippen LogP) is 7.22. The number of nitrogens with zero attached hydrogens (tertiary/aromatic N) is 2. The quantitative estimate of drug-likeness (QED) is 0.0199. The molecule has 14 heteroatoms. The number of carbonyl (C=O) groups excluding carboxylic acids is 4. The Morgan fingerprint density at radius 3 is 2.21 bits per heavy atom. The van der Waals surface area contributed by atoms with Crippen LogP contribution in [0.5, 0.6) is 17.2 Å². The van der Waals surface area contributed by atoms with E-state index in [0.29, 0.717) is 35.9 Å². The second-order valence-corrected chi connectivity index (χ2v) is 15.5. The van der Waals surface area contributed by atoms with Crippen molar-refractivity contribution in [3.8, 4) is 28.4 Å². The molecule has 0 radical (unpaired) electrons. The highest BCUT2D eigenvalue weighted by Crippen LogP contribution is 2.30. The van der Waals surface area contributed by atoms with Crippen LogP contribution >= 0.6 is 11.3 Å². The highest BCUT2D eigenvalue weighted by molar-refractivity contribution is 7.22. The van der Waals surface area contributed by atoms with Crippen LogP contribution in [0.1, 0.15) is 62.9 Å². The lowest BCUT2D eigenvalue weighted by Gasteiger charge is -2.21. The van der Waals surface area contributed by atoms with E-state index in [1.165, 1.54) is 16.3 Å². The molecule has 0 saturated heterocycles. The van der Waals surface area contributed by atoms with Gasteiger partial charge in [0.1, 0.15) is 29.5 Å². The molecule has 61 heavy (non-hydrogen) atoms. The van der Waals surface area contributed by atoms with Gasteiger partial charge in [0, 0.05) is 25.2 Å².